The van der Waals surface area contributed by atoms with E-state index >= 15 is 0 Å². The minimum absolute atomic E-state index is 0.0930. The number of aromatic nitrogens is 1. The van der Waals surface area contributed by atoms with Crippen molar-refractivity contribution in [3.63, 3.8) is 0 Å². The van der Waals surface area contributed by atoms with Gasteiger partial charge >= 0.3 is 6.61 Å². The summed E-state index contributed by atoms with van der Waals surface area (Å²) in [6.45, 7) is 3.76. The number of nitrogens with zero attached hydrogens (tertiary/aromatic N) is 2. The van der Waals surface area contributed by atoms with Crippen molar-refractivity contribution in [3.05, 3.63) is 53.2 Å². The zero-order valence-electron chi connectivity index (χ0n) is 19.8. The molecular weight excluding hydrogens is 444 g/mol. The fourth-order valence-corrected chi connectivity index (χ4v) is 4.57. The highest BCUT2D eigenvalue weighted by atomic mass is 19.3. The molecule has 9 heteroatoms. The standard InChI is InChI=1S/C25H33F2N3O4/c1-16(2)19-6-4-5-7-20(19)25(10-12-30(13-11-25)14-18(32)15-31)23(33)29-21-9-8-17(3)28-22(21)34-24(26)27/h4-9,16,18,24,31-32H,10-15H2,1-3H3,(H,29,33). The Morgan fingerprint density at radius 2 is 1.88 bits per heavy atom. The molecule has 2 aromatic rings. The maximum atomic E-state index is 13.9. The van der Waals surface area contributed by atoms with Crippen molar-refractivity contribution in [3.8, 4) is 5.88 Å². The van der Waals surface area contributed by atoms with Crippen LogP contribution in [0.1, 0.15) is 49.4 Å². The van der Waals surface area contributed by atoms with Gasteiger partial charge in [-0.25, -0.2) is 4.98 Å². The number of alkyl halides is 2. The van der Waals surface area contributed by atoms with E-state index in [4.69, 9.17) is 0 Å². The first kappa shape index (κ1) is 26.0. The number of ether oxygens (including phenoxy) is 1. The van der Waals surface area contributed by atoms with E-state index in [2.05, 4.69) is 28.9 Å². The molecule has 0 saturated carbocycles. The fourth-order valence-electron chi connectivity index (χ4n) is 4.57. The highest BCUT2D eigenvalue weighted by molar-refractivity contribution is 6.00. The zero-order chi connectivity index (χ0) is 24.9. The predicted octanol–water partition coefficient (Wildman–Crippen LogP) is 3.44. The summed E-state index contributed by atoms with van der Waals surface area (Å²) < 4.78 is 30.5. The number of benzene rings is 1. The summed E-state index contributed by atoms with van der Waals surface area (Å²) in [5.41, 5.74) is 1.63. The van der Waals surface area contributed by atoms with E-state index in [1.54, 1.807) is 13.0 Å². The lowest BCUT2D eigenvalue weighted by Gasteiger charge is -2.42. The summed E-state index contributed by atoms with van der Waals surface area (Å²) >= 11 is 0. The number of carbonyl (C=O) groups is 1. The minimum atomic E-state index is -3.07. The maximum absolute atomic E-state index is 13.9. The number of aryl methyl sites for hydroxylation is 1. The van der Waals surface area contributed by atoms with Gasteiger partial charge in [-0.3, -0.25) is 4.79 Å². The summed E-state index contributed by atoms with van der Waals surface area (Å²) in [6, 6.07) is 11.0. The second-order valence-corrected chi connectivity index (χ2v) is 9.10. The second kappa shape index (κ2) is 11.2. The van der Waals surface area contributed by atoms with Crippen LogP contribution in [0.25, 0.3) is 0 Å². The maximum Gasteiger partial charge on any atom is 0.388 e. The second-order valence-electron chi connectivity index (χ2n) is 9.10. The molecule has 0 bridgehead atoms. The number of piperidine rings is 1. The van der Waals surface area contributed by atoms with Crippen LogP contribution in [0.5, 0.6) is 5.88 Å². The van der Waals surface area contributed by atoms with E-state index in [0.717, 1.165) is 11.1 Å². The molecule has 0 aliphatic carbocycles. The van der Waals surface area contributed by atoms with Gasteiger partial charge in [0.05, 0.1) is 18.1 Å². The van der Waals surface area contributed by atoms with E-state index in [1.165, 1.54) is 6.07 Å². The number of aliphatic hydroxyl groups excluding tert-OH is 2. The number of likely N-dealkylation sites (tertiary alicyclic amines) is 1. The summed E-state index contributed by atoms with van der Waals surface area (Å²) in [7, 11) is 0. The molecule has 1 aromatic heterocycles. The molecule has 0 radical (unpaired) electrons. The Labute approximate surface area is 198 Å². The lowest BCUT2D eigenvalue weighted by atomic mass is 9.69. The molecule has 34 heavy (non-hydrogen) atoms. The van der Waals surface area contributed by atoms with Gasteiger partial charge in [-0.05, 0) is 62.0 Å². The third-order valence-electron chi connectivity index (χ3n) is 6.37. The number of anilines is 1. The molecule has 1 saturated heterocycles. The highest BCUT2D eigenvalue weighted by Gasteiger charge is 2.44. The van der Waals surface area contributed by atoms with Crippen LogP contribution in [0, 0.1) is 6.92 Å². The number of β-amino-alcohol motifs (C(OH)–C–C–N with tert-alkyl or cyclic N) is 1. The Bertz CT molecular complexity index is 978. The molecule has 1 aliphatic heterocycles. The van der Waals surface area contributed by atoms with Gasteiger partial charge in [-0.2, -0.15) is 8.78 Å². The Balaban J connectivity index is 1.97. The predicted molar refractivity (Wildman–Crippen MR) is 125 cm³/mol. The Kier molecular flexibility index (Phi) is 8.57. The first-order valence-electron chi connectivity index (χ1n) is 11.5. The van der Waals surface area contributed by atoms with Crippen LogP contribution in [0.2, 0.25) is 0 Å². The number of amides is 1. The van der Waals surface area contributed by atoms with Crippen LogP contribution in [0.4, 0.5) is 14.5 Å². The molecule has 1 atom stereocenters. The topological polar surface area (TPSA) is 94.9 Å². The van der Waals surface area contributed by atoms with Crippen molar-refractivity contribution in [2.75, 3.05) is 31.6 Å². The number of rotatable bonds is 9. The van der Waals surface area contributed by atoms with Gasteiger partial charge in [0, 0.05) is 12.2 Å². The number of pyridine rings is 1. The summed E-state index contributed by atoms with van der Waals surface area (Å²) in [6.07, 6.45) is 0.0766. The molecule has 1 aliphatic rings. The number of aliphatic hydroxyl groups is 2. The largest absolute Gasteiger partial charge is 0.415 e. The van der Waals surface area contributed by atoms with E-state index in [-0.39, 0.29) is 30.0 Å². The molecule has 0 spiro atoms. The first-order chi connectivity index (χ1) is 16.2. The van der Waals surface area contributed by atoms with Crippen LogP contribution in [0.3, 0.4) is 0 Å². The Morgan fingerprint density at radius 1 is 1.21 bits per heavy atom. The minimum Gasteiger partial charge on any atom is -0.415 e. The summed E-state index contributed by atoms with van der Waals surface area (Å²) in [5.74, 6) is -0.458. The van der Waals surface area contributed by atoms with Gasteiger partial charge in [0.25, 0.3) is 0 Å². The van der Waals surface area contributed by atoms with Crippen molar-refractivity contribution in [1.29, 1.82) is 0 Å². The van der Waals surface area contributed by atoms with Crippen LogP contribution >= 0.6 is 0 Å². The molecule has 3 rings (SSSR count). The lowest BCUT2D eigenvalue weighted by Crippen LogP contribution is -2.51. The van der Waals surface area contributed by atoms with Crippen LogP contribution in [-0.4, -0.2) is 65.0 Å². The average Bonchev–Trinajstić information content (AvgIpc) is 2.81. The average molecular weight is 478 g/mol. The summed E-state index contributed by atoms with van der Waals surface area (Å²) in [5, 5.41) is 21.9. The van der Waals surface area contributed by atoms with Gasteiger partial charge in [0.2, 0.25) is 11.8 Å². The third-order valence-corrected chi connectivity index (χ3v) is 6.37. The smallest absolute Gasteiger partial charge is 0.388 e. The van der Waals surface area contributed by atoms with Crippen LogP contribution < -0.4 is 10.1 Å². The van der Waals surface area contributed by atoms with E-state index in [1.807, 2.05) is 29.2 Å². The molecule has 1 fully saturated rings. The van der Waals surface area contributed by atoms with E-state index in [0.29, 0.717) is 38.2 Å². The zero-order valence-corrected chi connectivity index (χ0v) is 19.8. The van der Waals surface area contributed by atoms with Gasteiger partial charge in [-0.15, -0.1) is 0 Å². The fraction of sp³-hybridized carbons (Fsp3) is 0.520. The highest BCUT2D eigenvalue weighted by Crippen LogP contribution is 2.41. The molecule has 186 valence electrons. The van der Waals surface area contributed by atoms with Crippen molar-refractivity contribution < 1.29 is 28.5 Å². The molecular formula is C25H33F2N3O4. The number of hydrogen-bond donors (Lipinski definition) is 3. The normalized spacial score (nSPS) is 17.1. The van der Waals surface area contributed by atoms with Gasteiger partial charge < -0.3 is 25.2 Å². The van der Waals surface area contributed by atoms with Gasteiger partial charge in [0.15, 0.2) is 0 Å². The van der Waals surface area contributed by atoms with E-state index < -0.39 is 18.1 Å². The molecule has 7 nitrogen and oxygen atoms in total. The third kappa shape index (κ3) is 5.89. The number of nitrogens with one attached hydrogen (secondary N) is 1. The van der Waals surface area contributed by atoms with Crippen molar-refractivity contribution >= 4 is 11.6 Å². The van der Waals surface area contributed by atoms with Crippen molar-refractivity contribution in [2.45, 2.75) is 57.7 Å². The number of halogens is 2. The molecule has 3 N–H and O–H groups in total. The Morgan fingerprint density at radius 3 is 2.50 bits per heavy atom. The quantitative estimate of drug-likeness (QED) is 0.512. The molecule has 2 heterocycles. The molecule has 1 unspecified atom stereocenters. The van der Waals surface area contributed by atoms with Gasteiger partial charge in [-0.1, -0.05) is 38.1 Å². The molecule has 1 aromatic carbocycles. The van der Waals surface area contributed by atoms with Crippen molar-refractivity contribution in [1.82, 2.24) is 9.88 Å². The van der Waals surface area contributed by atoms with Crippen molar-refractivity contribution in [2.24, 2.45) is 0 Å². The van der Waals surface area contributed by atoms with E-state index in [9.17, 15) is 23.8 Å². The number of hydrogen-bond acceptors (Lipinski definition) is 6. The monoisotopic (exact) mass is 477 g/mol. The van der Waals surface area contributed by atoms with Crippen LogP contribution in [0.15, 0.2) is 36.4 Å². The van der Waals surface area contributed by atoms with Gasteiger partial charge in [0.1, 0.15) is 5.69 Å². The first-order valence-corrected chi connectivity index (χ1v) is 11.5. The Hall–Kier alpha value is -2.62. The lowest BCUT2D eigenvalue weighted by molar-refractivity contribution is -0.123. The number of carbonyl (C=O) groups excluding carboxylic acids is 1. The SMILES string of the molecule is Cc1ccc(NC(=O)C2(c3ccccc3C(C)C)CCN(CC(O)CO)CC2)c(OC(F)F)n1. The van der Waals surface area contributed by atoms with Crippen LogP contribution in [-0.2, 0) is 10.2 Å². The summed E-state index contributed by atoms with van der Waals surface area (Å²) in [4.78, 5) is 19.9. The molecule has 1 amide bonds.